The van der Waals surface area contributed by atoms with Gasteiger partial charge in [0.25, 0.3) is 0 Å². The second-order valence-corrected chi connectivity index (χ2v) is 4.26. The zero-order valence-electron chi connectivity index (χ0n) is 9.25. The lowest BCUT2D eigenvalue weighted by atomic mass is 9.88. The normalized spacial score (nSPS) is 34.2. The standard InChI is InChI=1S/C11H22O2/c1-5-8(2)10(4)11-7-12-9(3)6-13-11/h8-11H,5-7H2,1-4H3. The first kappa shape index (κ1) is 11.0. The molecule has 0 saturated carbocycles. The number of ether oxygens (including phenoxy) is 2. The predicted molar refractivity (Wildman–Crippen MR) is 53.8 cm³/mol. The topological polar surface area (TPSA) is 18.5 Å². The first-order valence-corrected chi connectivity index (χ1v) is 5.38. The molecule has 1 saturated heterocycles. The summed E-state index contributed by atoms with van der Waals surface area (Å²) in [4.78, 5) is 0. The Labute approximate surface area is 81.6 Å². The summed E-state index contributed by atoms with van der Waals surface area (Å²) >= 11 is 0. The van der Waals surface area contributed by atoms with Crippen LogP contribution in [0.1, 0.15) is 34.1 Å². The number of rotatable bonds is 3. The molecule has 1 fully saturated rings. The Hall–Kier alpha value is -0.0800. The number of hydrogen-bond donors (Lipinski definition) is 0. The molecule has 4 atom stereocenters. The third-order valence-electron chi connectivity index (χ3n) is 3.22. The van der Waals surface area contributed by atoms with Crippen LogP contribution in [-0.4, -0.2) is 25.4 Å². The lowest BCUT2D eigenvalue weighted by Crippen LogP contribution is -2.39. The molecule has 0 amide bonds. The van der Waals surface area contributed by atoms with E-state index in [1.807, 2.05) is 0 Å². The molecule has 1 rings (SSSR count). The molecule has 0 spiro atoms. The van der Waals surface area contributed by atoms with Gasteiger partial charge in [0.2, 0.25) is 0 Å². The van der Waals surface area contributed by atoms with Gasteiger partial charge in [0.1, 0.15) is 0 Å². The van der Waals surface area contributed by atoms with Crippen molar-refractivity contribution in [3.05, 3.63) is 0 Å². The molecule has 13 heavy (non-hydrogen) atoms. The van der Waals surface area contributed by atoms with Gasteiger partial charge in [-0.1, -0.05) is 27.2 Å². The van der Waals surface area contributed by atoms with Crippen LogP contribution >= 0.6 is 0 Å². The van der Waals surface area contributed by atoms with Gasteiger partial charge in [-0.25, -0.2) is 0 Å². The first-order valence-electron chi connectivity index (χ1n) is 5.38. The van der Waals surface area contributed by atoms with Crippen molar-refractivity contribution in [2.24, 2.45) is 11.8 Å². The van der Waals surface area contributed by atoms with Crippen molar-refractivity contribution in [3.63, 3.8) is 0 Å². The molecule has 78 valence electrons. The van der Waals surface area contributed by atoms with E-state index in [-0.39, 0.29) is 6.10 Å². The molecule has 0 aliphatic carbocycles. The van der Waals surface area contributed by atoms with Crippen LogP contribution in [0.5, 0.6) is 0 Å². The van der Waals surface area contributed by atoms with Crippen LogP contribution in [-0.2, 0) is 9.47 Å². The van der Waals surface area contributed by atoms with Gasteiger partial charge in [-0.2, -0.15) is 0 Å². The Kier molecular flexibility index (Phi) is 4.20. The molecule has 0 aromatic rings. The molecule has 1 aliphatic heterocycles. The summed E-state index contributed by atoms with van der Waals surface area (Å²) in [5.41, 5.74) is 0. The van der Waals surface area contributed by atoms with Gasteiger partial charge in [-0.05, 0) is 18.8 Å². The van der Waals surface area contributed by atoms with Crippen molar-refractivity contribution < 1.29 is 9.47 Å². The zero-order valence-corrected chi connectivity index (χ0v) is 9.25. The van der Waals surface area contributed by atoms with Crippen LogP contribution < -0.4 is 0 Å². The Balaban J connectivity index is 2.35. The number of hydrogen-bond acceptors (Lipinski definition) is 2. The maximum Gasteiger partial charge on any atom is 0.0837 e. The second kappa shape index (κ2) is 4.97. The average Bonchev–Trinajstić information content (AvgIpc) is 2.17. The predicted octanol–water partition coefficient (Wildman–Crippen LogP) is 2.47. The average molecular weight is 186 g/mol. The van der Waals surface area contributed by atoms with Crippen molar-refractivity contribution in [2.75, 3.05) is 13.2 Å². The lowest BCUT2D eigenvalue weighted by Gasteiger charge is -2.33. The summed E-state index contributed by atoms with van der Waals surface area (Å²) in [7, 11) is 0. The van der Waals surface area contributed by atoms with Crippen molar-refractivity contribution in [1.29, 1.82) is 0 Å². The first-order chi connectivity index (χ1) is 6.15. The summed E-state index contributed by atoms with van der Waals surface area (Å²) < 4.78 is 11.3. The minimum absolute atomic E-state index is 0.278. The van der Waals surface area contributed by atoms with E-state index < -0.39 is 0 Å². The summed E-state index contributed by atoms with van der Waals surface area (Å²) in [6.07, 6.45) is 1.81. The summed E-state index contributed by atoms with van der Waals surface area (Å²) in [6.45, 7) is 10.4. The highest BCUT2D eigenvalue weighted by atomic mass is 16.6. The largest absolute Gasteiger partial charge is 0.373 e. The smallest absolute Gasteiger partial charge is 0.0837 e. The fraction of sp³-hybridized carbons (Fsp3) is 1.00. The van der Waals surface area contributed by atoms with E-state index in [0.717, 1.165) is 19.1 Å². The second-order valence-electron chi connectivity index (χ2n) is 4.26. The Morgan fingerprint density at radius 2 is 1.92 bits per heavy atom. The maximum absolute atomic E-state index is 5.75. The molecule has 1 aliphatic rings. The van der Waals surface area contributed by atoms with E-state index in [4.69, 9.17) is 9.47 Å². The Bertz CT molecular complexity index is 139. The van der Waals surface area contributed by atoms with Crippen molar-refractivity contribution in [3.8, 4) is 0 Å². The van der Waals surface area contributed by atoms with Gasteiger partial charge in [0.15, 0.2) is 0 Å². The summed E-state index contributed by atoms with van der Waals surface area (Å²) in [5.74, 6) is 1.33. The van der Waals surface area contributed by atoms with Gasteiger partial charge in [-0.15, -0.1) is 0 Å². The van der Waals surface area contributed by atoms with E-state index in [9.17, 15) is 0 Å². The van der Waals surface area contributed by atoms with E-state index in [1.165, 1.54) is 6.42 Å². The van der Waals surface area contributed by atoms with Crippen LogP contribution in [0.15, 0.2) is 0 Å². The van der Waals surface area contributed by atoms with Gasteiger partial charge >= 0.3 is 0 Å². The minimum Gasteiger partial charge on any atom is -0.373 e. The van der Waals surface area contributed by atoms with Crippen molar-refractivity contribution in [2.45, 2.75) is 46.3 Å². The fourth-order valence-corrected chi connectivity index (χ4v) is 1.66. The third kappa shape index (κ3) is 2.96. The maximum atomic E-state index is 5.75. The van der Waals surface area contributed by atoms with Crippen molar-refractivity contribution >= 4 is 0 Å². The molecular formula is C11H22O2. The minimum atomic E-state index is 0.278. The van der Waals surface area contributed by atoms with Crippen molar-refractivity contribution in [1.82, 2.24) is 0 Å². The van der Waals surface area contributed by atoms with E-state index >= 15 is 0 Å². The molecule has 2 nitrogen and oxygen atoms in total. The third-order valence-corrected chi connectivity index (χ3v) is 3.22. The van der Waals surface area contributed by atoms with Gasteiger partial charge in [0.05, 0.1) is 25.4 Å². The van der Waals surface area contributed by atoms with E-state index in [0.29, 0.717) is 12.0 Å². The monoisotopic (exact) mass is 186 g/mol. The molecule has 4 unspecified atom stereocenters. The molecule has 1 heterocycles. The van der Waals surface area contributed by atoms with Crippen LogP contribution in [0.4, 0.5) is 0 Å². The lowest BCUT2D eigenvalue weighted by molar-refractivity contribution is -0.148. The molecule has 0 bridgehead atoms. The molecule has 0 aromatic heterocycles. The van der Waals surface area contributed by atoms with Crippen LogP contribution in [0.3, 0.4) is 0 Å². The SMILES string of the molecule is CCC(C)C(C)C1COC(C)CO1. The highest BCUT2D eigenvalue weighted by Gasteiger charge is 2.27. The quantitative estimate of drug-likeness (QED) is 0.674. The van der Waals surface area contributed by atoms with Crippen LogP contribution in [0.25, 0.3) is 0 Å². The fourth-order valence-electron chi connectivity index (χ4n) is 1.66. The zero-order chi connectivity index (χ0) is 9.84. The molecule has 0 N–H and O–H groups in total. The van der Waals surface area contributed by atoms with E-state index in [1.54, 1.807) is 0 Å². The molecule has 2 heteroatoms. The highest BCUT2D eigenvalue weighted by molar-refractivity contribution is 4.74. The highest BCUT2D eigenvalue weighted by Crippen LogP contribution is 2.23. The van der Waals surface area contributed by atoms with Crippen LogP contribution in [0, 0.1) is 11.8 Å². The Morgan fingerprint density at radius 3 is 2.38 bits per heavy atom. The summed E-state index contributed by atoms with van der Waals surface area (Å²) in [5, 5.41) is 0. The van der Waals surface area contributed by atoms with E-state index in [2.05, 4.69) is 27.7 Å². The van der Waals surface area contributed by atoms with Gasteiger partial charge < -0.3 is 9.47 Å². The Morgan fingerprint density at radius 1 is 1.23 bits per heavy atom. The molecule has 0 aromatic carbocycles. The summed E-state index contributed by atoms with van der Waals surface area (Å²) in [6, 6.07) is 0. The van der Waals surface area contributed by atoms with Crippen LogP contribution in [0.2, 0.25) is 0 Å². The molecular weight excluding hydrogens is 164 g/mol. The molecule has 0 radical (unpaired) electrons. The van der Waals surface area contributed by atoms with Gasteiger partial charge in [-0.3, -0.25) is 0 Å². The van der Waals surface area contributed by atoms with Gasteiger partial charge in [0, 0.05) is 0 Å².